The van der Waals surface area contributed by atoms with E-state index >= 15 is 0 Å². The number of rotatable bonds is 1. The third kappa shape index (κ3) is 3.45. The molecule has 0 aromatic carbocycles. The Morgan fingerprint density at radius 2 is 2.43 bits per heavy atom. The van der Waals surface area contributed by atoms with Gasteiger partial charge in [0.25, 0.3) is 0 Å². The number of ether oxygens (including phenoxy) is 1. The first kappa shape index (κ1) is 14.3. The molecule has 1 unspecified atom stereocenters. The van der Waals surface area contributed by atoms with Crippen LogP contribution in [0.3, 0.4) is 0 Å². The summed E-state index contributed by atoms with van der Waals surface area (Å²) in [4.78, 5) is 0. The summed E-state index contributed by atoms with van der Waals surface area (Å²) < 4.78 is 7.41. The van der Waals surface area contributed by atoms with Gasteiger partial charge in [-0.3, -0.25) is 4.68 Å². The van der Waals surface area contributed by atoms with E-state index in [1.165, 1.54) is 5.56 Å². The molecule has 2 heterocycles. The van der Waals surface area contributed by atoms with Gasteiger partial charge in [-0.1, -0.05) is 0 Å². The summed E-state index contributed by atoms with van der Waals surface area (Å²) in [5, 5.41) is 4.11. The van der Waals surface area contributed by atoms with E-state index in [1.54, 1.807) is 0 Å². The average Bonchev–Trinajstić information content (AvgIpc) is 2.54. The molecule has 0 N–H and O–H groups in total. The number of hydrogen-bond donors (Lipinski definition) is 0. The summed E-state index contributed by atoms with van der Waals surface area (Å²) >= 11 is 0. The van der Waals surface area contributed by atoms with E-state index in [9.17, 15) is 0 Å². The summed E-state index contributed by atoms with van der Waals surface area (Å²) in [5.41, 5.74) is 1.19. The fraction of sp³-hybridized carbons (Fsp3) is 0.556. The maximum absolute atomic E-state index is 5.59. The molecule has 1 saturated heterocycles. The molecule has 0 spiro atoms. The second-order valence-electron chi connectivity index (χ2n) is 3.12. The van der Waals surface area contributed by atoms with Crippen molar-refractivity contribution in [1.29, 1.82) is 0 Å². The molecule has 0 radical (unpaired) electrons. The normalized spacial score (nSPS) is 20.8. The van der Waals surface area contributed by atoms with Crippen LogP contribution >= 0.6 is 0 Å². The van der Waals surface area contributed by atoms with Crippen molar-refractivity contribution < 1.29 is 41.2 Å². The minimum atomic E-state index is 0. The Morgan fingerprint density at radius 1 is 1.64 bits per heavy atom. The maximum Gasteiger partial charge on any atom is 2.00 e. The molecule has 1 fully saturated rings. The summed E-state index contributed by atoms with van der Waals surface area (Å²) in [7, 11) is 1.93. The molecule has 1 aromatic heterocycles. The van der Waals surface area contributed by atoms with Gasteiger partial charge < -0.3 is 28.1 Å². The van der Waals surface area contributed by atoms with Crippen molar-refractivity contribution in [3.63, 3.8) is 0 Å². The SMILES string of the molecule is Cn1cc(C2C[CH-]CCO2)cn1.[Br-].[Zn+2]. The zero-order valence-corrected chi connectivity index (χ0v) is 12.9. The Hall–Kier alpha value is 0.273. The van der Waals surface area contributed by atoms with Gasteiger partial charge in [0, 0.05) is 25.4 Å². The third-order valence-electron chi connectivity index (χ3n) is 2.12. The first-order valence-electron chi connectivity index (χ1n) is 4.28. The predicted molar refractivity (Wildman–Crippen MR) is 45.4 cm³/mol. The number of halogens is 1. The molecule has 14 heavy (non-hydrogen) atoms. The molecule has 74 valence electrons. The van der Waals surface area contributed by atoms with Crippen molar-refractivity contribution >= 4 is 0 Å². The molecule has 1 aliphatic heterocycles. The molecule has 0 bridgehead atoms. The number of nitrogens with zero attached hydrogens (tertiary/aromatic N) is 2. The van der Waals surface area contributed by atoms with Crippen LogP contribution in [0.4, 0.5) is 0 Å². The van der Waals surface area contributed by atoms with Gasteiger partial charge in [0.1, 0.15) is 0 Å². The first-order valence-corrected chi connectivity index (χ1v) is 4.28. The van der Waals surface area contributed by atoms with Crippen molar-refractivity contribution in [2.24, 2.45) is 7.05 Å². The van der Waals surface area contributed by atoms with Crippen LogP contribution in [0.5, 0.6) is 0 Å². The van der Waals surface area contributed by atoms with Gasteiger partial charge in [0.05, 0.1) is 12.3 Å². The van der Waals surface area contributed by atoms with Crippen LogP contribution in [0, 0.1) is 6.42 Å². The van der Waals surface area contributed by atoms with Crippen LogP contribution in [0.2, 0.25) is 0 Å². The molecule has 0 saturated carbocycles. The van der Waals surface area contributed by atoms with Crippen LogP contribution in [-0.2, 0) is 31.3 Å². The van der Waals surface area contributed by atoms with Crippen LogP contribution in [0.25, 0.3) is 0 Å². The van der Waals surface area contributed by atoms with Gasteiger partial charge in [-0.05, 0) is 0 Å². The zero-order chi connectivity index (χ0) is 8.39. The summed E-state index contributed by atoms with van der Waals surface area (Å²) in [6, 6.07) is 0. The van der Waals surface area contributed by atoms with Crippen LogP contribution in [-0.4, -0.2) is 16.4 Å². The first-order chi connectivity index (χ1) is 5.86. The Kier molecular flexibility index (Phi) is 6.83. The molecule has 5 heteroatoms. The van der Waals surface area contributed by atoms with Crippen molar-refractivity contribution in [3.8, 4) is 0 Å². The number of hydrogen-bond acceptors (Lipinski definition) is 2. The van der Waals surface area contributed by atoms with E-state index in [0.29, 0.717) is 0 Å². The third-order valence-corrected chi connectivity index (χ3v) is 2.12. The van der Waals surface area contributed by atoms with E-state index in [-0.39, 0.29) is 42.6 Å². The van der Waals surface area contributed by atoms with E-state index in [4.69, 9.17) is 4.74 Å². The Balaban J connectivity index is 0.000000845. The summed E-state index contributed by atoms with van der Waals surface area (Å²) in [6.07, 6.45) is 8.52. The van der Waals surface area contributed by atoms with Crippen molar-refractivity contribution in [3.05, 3.63) is 24.4 Å². The molecule has 1 aliphatic rings. The fourth-order valence-electron chi connectivity index (χ4n) is 1.47. The molecular weight excluding hydrogens is 297 g/mol. The van der Waals surface area contributed by atoms with Crippen LogP contribution < -0.4 is 17.0 Å². The Labute approximate surface area is 108 Å². The van der Waals surface area contributed by atoms with Crippen LogP contribution in [0.15, 0.2) is 12.4 Å². The Bertz CT molecular complexity index is 261. The molecule has 0 aliphatic carbocycles. The minimum absolute atomic E-state index is 0. The van der Waals surface area contributed by atoms with E-state index < -0.39 is 0 Å². The van der Waals surface area contributed by atoms with Crippen molar-refractivity contribution in [2.45, 2.75) is 18.9 Å². The van der Waals surface area contributed by atoms with Gasteiger partial charge in [-0.25, -0.2) is 0 Å². The van der Waals surface area contributed by atoms with Gasteiger partial charge in [0.2, 0.25) is 0 Å². The second kappa shape index (κ2) is 6.70. The number of aryl methyl sites for hydroxylation is 1. The van der Waals surface area contributed by atoms with E-state index in [0.717, 1.165) is 19.4 Å². The van der Waals surface area contributed by atoms with Gasteiger partial charge in [0.15, 0.2) is 0 Å². The topological polar surface area (TPSA) is 27.1 Å². The minimum Gasteiger partial charge on any atom is -1.00 e. The predicted octanol–water partition coefficient (Wildman–Crippen LogP) is -1.52. The second-order valence-corrected chi connectivity index (χ2v) is 3.12. The fourth-order valence-corrected chi connectivity index (χ4v) is 1.47. The van der Waals surface area contributed by atoms with Gasteiger partial charge in [-0.15, -0.1) is 6.42 Å². The van der Waals surface area contributed by atoms with Gasteiger partial charge >= 0.3 is 19.5 Å². The van der Waals surface area contributed by atoms with E-state index in [2.05, 4.69) is 11.5 Å². The van der Waals surface area contributed by atoms with Crippen molar-refractivity contribution in [1.82, 2.24) is 9.78 Å². The Morgan fingerprint density at radius 3 is 2.93 bits per heavy atom. The average molecular weight is 311 g/mol. The molecular formula is C9H13BrN2OZn. The van der Waals surface area contributed by atoms with Crippen LogP contribution in [0.1, 0.15) is 24.5 Å². The van der Waals surface area contributed by atoms with Gasteiger partial charge in [-0.2, -0.15) is 11.5 Å². The molecule has 1 aromatic rings. The maximum atomic E-state index is 5.59. The monoisotopic (exact) mass is 308 g/mol. The molecule has 2 rings (SSSR count). The zero-order valence-electron chi connectivity index (χ0n) is 8.32. The quantitative estimate of drug-likeness (QED) is 0.465. The molecule has 1 atom stereocenters. The summed E-state index contributed by atoms with van der Waals surface area (Å²) in [6.45, 7) is 0.847. The van der Waals surface area contributed by atoms with E-state index in [1.807, 2.05) is 24.1 Å². The smallest absolute Gasteiger partial charge is 1.00 e. The molecule has 3 nitrogen and oxygen atoms in total. The van der Waals surface area contributed by atoms with Crippen molar-refractivity contribution in [2.75, 3.05) is 6.61 Å². The standard InChI is InChI=1S/C9H13N2O.BrH.Zn/c1-11-7-8(6-10-11)9-4-2-3-5-12-9;;/h2,6-7,9H,3-5H2,1H3;1H;/q-1;;+2/p-1. The number of aromatic nitrogens is 2. The summed E-state index contributed by atoms with van der Waals surface area (Å²) in [5.74, 6) is 0. The largest absolute Gasteiger partial charge is 2.00 e. The molecule has 0 amide bonds.